The number of hydrogen-bond donors (Lipinski definition) is 2. The molecule has 0 bridgehead atoms. The van der Waals surface area contributed by atoms with Crippen LogP contribution in [0.3, 0.4) is 0 Å². The molecule has 0 radical (unpaired) electrons. The van der Waals surface area contributed by atoms with E-state index in [0.29, 0.717) is 6.04 Å². The summed E-state index contributed by atoms with van der Waals surface area (Å²) in [6.07, 6.45) is 2.66. The van der Waals surface area contributed by atoms with E-state index in [0.717, 1.165) is 12.0 Å². The molecule has 3 nitrogen and oxygen atoms in total. The molecule has 0 saturated carbocycles. The van der Waals surface area contributed by atoms with E-state index in [-0.39, 0.29) is 0 Å². The summed E-state index contributed by atoms with van der Waals surface area (Å²) in [6, 6.07) is 1.41. The van der Waals surface area contributed by atoms with Crippen LogP contribution in [0.4, 0.5) is 0 Å². The van der Waals surface area contributed by atoms with Gasteiger partial charge >= 0.3 is 0 Å². The number of likely N-dealkylation sites (tertiary alicyclic amines) is 1. The molecule has 2 aliphatic rings. The molecule has 3 atom stereocenters. The van der Waals surface area contributed by atoms with Gasteiger partial charge in [-0.25, -0.2) is 0 Å². The Labute approximate surface area is 87.2 Å². The molecule has 2 heterocycles. The molecule has 0 aromatic heterocycles. The van der Waals surface area contributed by atoms with Crippen molar-refractivity contribution in [2.75, 3.05) is 33.2 Å². The molecule has 0 aromatic carbocycles. The van der Waals surface area contributed by atoms with Gasteiger partial charge in [0.2, 0.25) is 0 Å². The van der Waals surface area contributed by atoms with Gasteiger partial charge in [-0.1, -0.05) is 0 Å². The molecular formula is C11H23N3. The maximum atomic E-state index is 3.77. The van der Waals surface area contributed by atoms with Gasteiger partial charge in [0.1, 0.15) is 0 Å². The number of hydrogen-bond acceptors (Lipinski definition) is 3. The van der Waals surface area contributed by atoms with Crippen molar-refractivity contribution in [3.63, 3.8) is 0 Å². The Morgan fingerprint density at radius 3 is 2.86 bits per heavy atom. The van der Waals surface area contributed by atoms with Gasteiger partial charge in [0.15, 0.2) is 0 Å². The summed E-state index contributed by atoms with van der Waals surface area (Å²) in [5.41, 5.74) is 0. The highest BCUT2D eigenvalue weighted by molar-refractivity contribution is 4.86. The molecule has 3 unspecified atom stereocenters. The van der Waals surface area contributed by atoms with Crippen molar-refractivity contribution in [1.82, 2.24) is 15.5 Å². The second kappa shape index (κ2) is 4.60. The summed E-state index contributed by atoms with van der Waals surface area (Å²) in [5.74, 6) is 0.848. The smallest absolute Gasteiger partial charge is 0.0209 e. The van der Waals surface area contributed by atoms with E-state index < -0.39 is 0 Å². The lowest BCUT2D eigenvalue weighted by Gasteiger charge is -2.24. The molecule has 2 saturated heterocycles. The highest BCUT2D eigenvalue weighted by Gasteiger charge is 2.26. The van der Waals surface area contributed by atoms with Crippen molar-refractivity contribution >= 4 is 0 Å². The highest BCUT2D eigenvalue weighted by atomic mass is 15.2. The van der Waals surface area contributed by atoms with E-state index in [9.17, 15) is 0 Å². The zero-order chi connectivity index (χ0) is 9.97. The largest absolute Gasteiger partial charge is 0.316 e. The van der Waals surface area contributed by atoms with Crippen LogP contribution in [0.25, 0.3) is 0 Å². The first-order chi connectivity index (χ1) is 6.75. The van der Waals surface area contributed by atoms with Crippen LogP contribution in [0.15, 0.2) is 0 Å². The molecule has 0 spiro atoms. The lowest BCUT2D eigenvalue weighted by molar-refractivity contribution is 0.341. The normalized spacial score (nSPS) is 36.4. The minimum Gasteiger partial charge on any atom is -0.316 e. The molecule has 0 aliphatic carbocycles. The SMILES string of the molecule is CC(NC1CCN(C)C1)C1CCNC1. The Hall–Kier alpha value is -0.120. The van der Waals surface area contributed by atoms with Crippen LogP contribution in [0.1, 0.15) is 19.8 Å². The van der Waals surface area contributed by atoms with Crippen molar-refractivity contribution in [2.24, 2.45) is 5.92 Å². The fourth-order valence-electron chi connectivity index (χ4n) is 2.68. The van der Waals surface area contributed by atoms with Gasteiger partial charge < -0.3 is 15.5 Å². The lowest BCUT2D eigenvalue weighted by Crippen LogP contribution is -2.42. The second-order valence-corrected chi connectivity index (χ2v) is 4.96. The molecule has 0 aromatic rings. The maximum absolute atomic E-state index is 3.77. The summed E-state index contributed by atoms with van der Waals surface area (Å²) < 4.78 is 0. The summed E-state index contributed by atoms with van der Waals surface area (Å²) in [6.45, 7) is 7.24. The van der Waals surface area contributed by atoms with Crippen LogP contribution in [-0.4, -0.2) is 50.2 Å². The average Bonchev–Trinajstić information content (AvgIpc) is 2.75. The Balaban J connectivity index is 1.73. The van der Waals surface area contributed by atoms with Crippen molar-refractivity contribution in [1.29, 1.82) is 0 Å². The zero-order valence-electron chi connectivity index (χ0n) is 9.42. The van der Waals surface area contributed by atoms with Crippen LogP contribution in [0, 0.1) is 5.92 Å². The molecule has 2 aliphatic heterocycles. The van der Waals surface area contributed by atoms with Gasteiger partial charge in [-0.15, -0.1) is 0 Å². The molecule has 2 N–H and O–H groups in total. The summed E-state index contributed by atoms with van der Waals surface area (Å²) in [7, 11) is 2.21. The minimum atomic E-state index is 0.682. The minimum absolute atomic E-state index is 0.682. The molecule has 2 rings (SSSR count). The van der Waals surface area contributed by atoms with E-state index in [1.54, 1.807) is 0 Å². The molecule has 0 amide bonds. The maximum Gasteiger partial charge on any atom is 0.0209 e. The Kier molecular flexibility index (Phi) is 3.42. The summed E-state index contributed by atoms with van der Waals surface area (Å²) in [5, 5.41) is 7.21. The third-order valence-electron chi connectivity index (χ3n) is 3.70. The van der Waals surface area contributed by atoms with Gasteiger partial charge in [-0.3, -0.25) is 0 Å². The number of nitrogens with zero attached hydrogens (tertiary/aromatic N) is 1. The van der Waals surface area contributed by atoms with Gasteiger partial charge in [-0.2, -0.15) is 0 Å². The topological polar surface area (TPSA) is 27.3 Å². The first kappa shape index (κ1) is 10.4. The first-order valence-electron chi connectivity index (χ1n) is 5.91. The number of rotatable bonds is 3. The van der Waals surface area contributed by atoms with E-state index in [1.165, 1.54) is 39.0 Å². The summed E-state index contributed by atoms with van der Waals surface area (Å²) in [4.78, 5) is 2.41. The van der Waals surface area contributed by atoms with Crippen LogP contribution < -0.4 is 10.6 Å². The number of nitrogens with one attached hydrogen (secondary N) is 2. The summed E-state index contributed by atoms with van der Waals surface area (Å²) >= 11 is 0. The van der Waals surface area contributed by atoms with Crippen LogP contribution in [0.5, 0.6) is 0 Å². The predicted octanol–water partition coefficient (Wildman–Crippen LogP) is 0.278. The van der Waals surface area contributed by atoms with Crippen LogP contribution in [-0.2, 0) is 0 Å². The third kappa shape index (κ3) is 2.47. The van der Waals surface area contributed by atoms with E-state index in [1.807, 2.05) is 0 Å². The van der Waals surface area contributed by atoms with Crippen molar-refractivity contribution in [2.45, 2.75) is 31.8 Å². The van der Waals surface area contributed by atoms with Crippen molar-refractivity contribution in [3.8, 4) is 0 Å². The van der Waals surface area contributed by atoms with Crippen LogP contribution >= 0.6 is 0 Å². The van der Waals surface area contributed by atoms with Gasteiger partial charge in [0.05, 0.1) is 0 Å². The highest BCUT2D eigenvalue weighted by Crippen LogP contribution is 2.15. The molecule has 14 heavy (non-hydrogen) atoms. The monoisotopic (exact) mass is 197 g/mol. The van der Waals surface area contributed by atoms with E-state index in [2.05, 4.69) is 29.5 Å². The van der Waals surface area contributed by atoms with Crippen LogP contribution in [0.2, 0.25) is 0 Å². The average molecular weight is 197 g/mol. The van der Waals surface area contributed by atoms with Gasteiger partial charge in [0.25, 0.3) is 0 Å². The zero-order valence-corrected chi connectivity index (χ0v) is 9.42. The van der Waals surface area contributed by atoms with E-state index >= 15 is 0 Å². The van der Waals surface area contributed by atoms with E-state index in [4.69, 9.17) is 0 Å². The quantitative estimate of drug-likeness (QED) is 0.680. The lowest BCUT2D eigenvalue weighted by atomic mass is 9.99. The van der Waals surface area contributed by atoms with Crippen molar-refractivity contribution in [3.05, 3.63) is 0 Å². The Morgan fingerprint density at radius 1 is 1.43 bits per heavy atom. The van der Waals surface area contributed by atoms with Crippen molar-refractivity contribution < 1.29 is 0 Å². The molecule has 3 heteroatoms. The van der Waals surface area contributed by atoms with Gasteiger partial charge in [0, 0.05) is 18.6 Å². The Bertz CT molecular complexity index is 177. The predicted molar refractivity (Wildman–Crippen MR) is 59.5 cm³/mol. The fourth-order valence-corrected chi connectivity index (χ4v) is 2.68. The standard InChI is InChI=1S/C11H23N3/c1-9(10-3-5-12-7-10)13-11-4-6-14(2)8-11/h9-13H,3-8H2,1-2H3. The van der Waals surface area contributed by atoms with Gasteiger partial charge in [-0.05, 0) is 52.4 Å². The second-order valence-electron chi connectivity index (χ2n) is 4.96. The Morgan fingerprint density at radius 2 is 2.29 bits per heavy atom. The fraction of sp³-hybridized carbons (Fsp3) is 1.00. The molecule has 82 valence electrons. The number of likely N-dealkylation sites (N-methyl/N-ethyl adjacent to an activating group) is 1. The molecule has 2 fully saturated rings. The third-order valence-corrected chi connectivity index (χ3v) is 3.70. The first-order valence-corrected chi connectivity index (χ1v) is 5.91. The molecular weight excluding hydrogens is 174 g/mol.